The Hall–Kier alpha value is -1.69. The monoisotopic (exact) mass is 409 g/mol. The van der Waals surface area contributed by atoms with Gasteiger partial charge in [0.05, 0.1) is 10.7 Å². The van der Waals surface area contributed by atoms with E-state index in [9.17, 15) is 0 Å². The van der Waals surface area contributed by atoms with Gasteiger partial charge < -0.3 is 14.8 Å². The van der Waals surface area contributed by atoms with Crippen molar-refractivity contribution >= 4 is 28.3 Å². The number of ether oxygens (including phenoxy) is 2. The van der Waals surface area contributed by atoms with Crippen LogP contribution in [0.2, 0.25) is 0 Å². The van der Waals surface area contributed by atoms with Crippen LogP contribution in [0.25, 0.3) is 0 Å². The zero-order valence-corrected chi connectivity index (χ0v) is 15.0. The molecule has 22 heavy (non-hydrogen) atoms. The topological polar surface area (TPSA) is 30.5 Å². The van der Waals surface area contributed by atoms with Gasteiger partial charge in [0.1, 0.15) is 6.61 Å². The summed E-state index contributed by atoms with van der Waals surface area (Å²) in [5.74, 6) is 1.51. The van der Waals surface area contributed by atoms with E-state index in [0.717, 1.165) is 32.9 Å². The van der Waals surface area contributed by atoms with Crippen molar-refractivity contribution in [3.05, 3.63) is 63.8 Å². The van der Waals surface area contributed by atoms with E-state index < -0.39 is 0 Å². The van der Waals surface area contributed by atoms with Crippen molar-refractivity contribution in [2.45, 2.75) is 13.5 Å². The third-order valence-electron chi connectivity index (χ3n) is 3.18. The lowest BCUT2D eigenvalue weighted by molar-refractivity contribution is 0.324. The third kappa shape index (κ3) is 4.40. The van der Waals surface area contributed by atoms with E-state index in [0.29, 0.717) is 6.61 Å². The Bertz CT molecular complexity index is 638. The van der Waals surface area contributed by atoms with Crippen LogP contribution in [-0.2, 0) is 6.54 Å². The summed E-state index contributed by atoms with van der Waals surface area (Å²) in [5.41, 5.74) is 3.50. The van der Waals surface area contributed by atoms with Crippen LogP contribution < -0.4 is 14.8 Å². The first-order valence-electron chi connectivity index (χ1n) is 7.04. The highest BCUT2D eigenvalue weighted by atomic mass is 127. The van der Waals surface area contributed by atoms with Crippen LogP contribution >= 0.6 is 22.6 Å². The number of halogens is 1. The molecule has 0 radical (unpaired) electrons. The molecule has 0 heterocycles. The highest BCUT2D eigenvalue weighted by molar-refractivity contribution is 14.1. The lowest BCUT2D eigenvalue weighted by Gasteiger charge is -2.14. The molecular formula is C18H20INO2. The van der Waals surface area contributed by atoms with Crippen molar-refractivity contribution in [2.24, 2.45) is 0 Å². The van der Waals surface area contributed by atoms with Crippen LogP contribution in [0.5, 0.6) is 11.5 Å². The summed E-state index contributed by atoms with van der Waals surface area (Å²) in [7, 11) is 1.66. The van der Waals surface area contributed by atoms with E-state index in [1.165, 1.54) is 5.56 Å². The molecule has 0 saturated heterocycles. The molecule has 0 amide bonds. The molecule has 0 aliphatic carbocycles. The summed E-state index contributed by atoms with van der Waals surface area (Å²) in [6, 6.07) is 12.5. The van der Waals surface area contributed by atoms with Crippen molar-refractivity contribution in [1.29, 1.82) is 0 Å². The van der Waals surface area contributed by atoms with Gasteiger partial charge in [0, 0.05) is 12.2 Å². The van der Waals surface area contributed by atoms with Crippen molar-refractivity contribution in [3.8, 4) is 11.5 Å². The second-order valence-electron chi connectivity index (χ2n) is 4.93. The van der Waals surface area contributed by atoms with E-state index in [4.69, 9.17) is 9.47 Å². The fourth-order valence-electron chi connectivity index (χ4n) is 2.03. The highest BCUT2D eigenvalue weighted by Gasteiger charge is 2.11. The minimum Gasteiger partial charge on any atom is -0.493 e. The molecule has 0 atom stereocenters. The van der Waals surface area contributed by atoms with Gasteiger partial charge in [0.15, 0.2) is 11.5 Å². The Morgan fingerprint density at radius 3 is 2.59 bits per heavy atom. The molecule has 3 nitrogen and oxygen atoms in total. The molecule has 0 aliphatic rings. The Morgan fingerprint density at radius 1 is 1.23 bits per heavy atom. The summed E-state index contributed by atoms with van der Waals surface area (Å²) in [6.45, 7) is 6.95. The van der Waals surface area contributed by atoms with Crippen LogP contribution in [0.3, 0.4) is 0 Å². The van der Waals surface area contributed by atoms with Gasteiger partial charge in [-0.3, -0.25) is 0 Å². The maximum Gasteiger partial charge on any atom is 0.174 e. The van der Waals surface area contributed by atoms with Crippen molar-refractivity contribution in [3.63, 3.8) is 0 Å². The van der Waals surface area contributed by atoms with Crippen LogP contribution in [0, 0.1) is 10.5 Å². The van der Waals surface area contributed by atoms with Crippen LogP contribution in [0.4, 0.5) is 5.69 Å². The van der Waals surface area contributed by atoms with Crippen molar-refractivity contribution < 1.29 is 9.47 Å². The summed E-state index contributed by atoms with van der Waals surface area (Å²) in [4.78, 5) is 0. The average molecular weight is 409 g/mol. The Morgan fingerprint density at radius 2 is 1.95 bits per heavy atom. The molecule has 4 heteroatoms. The largest absolute Gasteiger partial charge is 0.493 e. The molecule has 0 aliphatic heterocycles. The van der Waals surface area contributed by atoms with E-state index in [1.54, 1.807) is 13.2 Å². The molecule has 0 unspecified atom stereocenters. The number of methoxy groups -OCH3 is 1. The molecule has 2 aromatic carbocycles. The predicted molar refractivity (Wildman–Crippen MR) is 99.9 cm³/mol. The number of hydrogen-bond acceptors (Lipinski definition) is 3. The SMILES string of the molecule is C=CCOc1c(I)cc(CNc2ccc(C)cc2)cc1OC. The van der Waals surface area contributed by atoms with Crippen molar-refractivity contribution in [1.82, 2.24) is 0 Å². The van der Waals surface area contributed by atoms with Gasteiger partial charge >= 0.3 is 0 Å². The summed E-state index contributed by atoms with van der Waals surface area (Å²) >= 11 is 2.27. The highest BCUT2D eigenvalue weighted by Crippen LogP contribution is 2.34. The normalized spacial score (nSPS) is 10.1. The quantitative estimate of drug-likeness (QED) is 0.527. The molecule has 116 valence electrons. The average Bonchev–Trinajstić information content (AvgIpc) is 2.53. The van der Waals surface area contributed by atoms with Gasteiger partial charge in [-0.25, -0.2) is 0 Å². The number of nitrogens with one attached hydrogen (secondary N) is 1. The lowest BCUT2D eigenvalue weighted by atomic mass is 10.2. The van der Waals surface area contributed by atoms with E-state index in [2.05, 4.69) is 71.7 Å². The Balaban J connectivity index is 2.12. The number of aryl methyl sites for hydroxylation is 1. The maximum absolute atomic E-state index is 5.67. The minimum absolute atomic E-state index is 0.466. The van der Waals surface area contributed by atoms with Gasteiger partial charge in [-0.15, -0.1) is 0 Å². The molecule has 0 saturated carbocycles. The van der Waals surface area contributed by atoms with Crippen LogP contribution in [-0.4, -0.2) is 13.7 Å². The number of anilines is 1. The molecule has 1 N–H and O–H groups in total. The number of rotatable bonds is 7. The molecule has 2 rings (SSSR count). The first-order chi connectivity index (χ1) is 10.6. The van der Waals surface area contributed by atoms with Gasteiger partial charge in [-0.1, -0.05) is 30.4 Å². The molecule has 0 aromatic heterocycles. The third-order valence-corrected chi connectivity index (χ3v) is 3.98. The lowest BCUT2D eigenvalue weighted by Crippen LogP contribution is -2.03. The summed E-state index contributed by atoms with van der Waals surface area (Å²) in [5, 5.41) is 3.41. The van der Waals surface area contributed by atoms with E-state index >= 15 is 0 Å². The molecule has 0 bridgehead atoms. The first-order valence-corrected chi connectivity index (χ1v) is 8.12. The molecule has 0 spiro atoms. The zero-order chi connectivity index (χ0) is 15.9. The molecule has 0 fully saturated rings. The smallest absolute Gasteiger partial charge is 0.174 e. The fourth-order valence-corrected chi connectivity index (χ4v) is 2.85. The second kappa shape index (κ2) is 8.08. The molecular weight excluding hydrogens is 389 g/mol. The number of benzene rings is 2. The van der Waals surface area contributed by atoms with Gasteiger partial charge in [0.2, 0.25) is 0 Å². The zero-order valence-electron chi connectivity index (χ0n) is 12.9. The first kappa shape index (κ1) is 16.7. The number of hydrogen-bond donors (Lipinski definition) is 1. The van der Waals surface area contributed by atoms with Crippen molar-refractivity contribution in [2.75, 3.05) is 19.0 Å². The van der Waals surface area contributed by atoms with Gasteiger partial charge in [-0.2, -0.15) is 0 Å². The van der Waals surface area contributed by atoms with E-state index in [-0.39, 0.29) is 0 Å². The molecule has 2 aromatic rings. The Labute approximate surface area is 145 Å². The standard InChI is InChI=1S/C18H20INO2/c1-4-9-22-18-16(19)10-14(11-17(18)21-3)12-20-15-7-5-13(2)6-8-15/h4-8,10-11,20H,1,9,12H2,2-3H3. The van der Waals surface area contributed by atoms with E-state index in [1.807, 2.05) is 6.07 Å². The Kier molecular flexibility index (Phi) is 6.12. The minimum atomic E-state index is 0.466. The second-order valence-corrected chi connectivity index (χ2v) is 6.09. The van der Waals surface area contributed by atoms with Crippen LogP contribution in [0.1, 0.15) is 11.1 Å². The summed E-state index contributed by atoms with van der Waals surface area (Å²) < 4.78 is 12.1. The summed E-state index contributed by atoms with van der Waals surface area (Å²) in [6.07, 6.45) is 1.72. The van der Waals surface area contributed by atoms with Gasteiger partial charge in [0.25, 0.3) is 0 Å². The predicted octanol–water partition coefficient (Wildman–Crippen LogP) is 4.79. The maximum atomic E-state index is 5.67. The van der Waals surface area contributed by atoms with Gasteiger partial charge in [-0.05, 0) is 59.3 Å². The fraction of sp³-hybridized carbons (Fsp3) is 0.222. The van der Waals surface area contributed by atoms with Crippen LogP contribution in [0.15, 0.2) is 49.1 Å².